The van der Waals surface area contributed by atoms with E-state index in [1.54, 1.807) is 0 Å². The van der Waals surface area contributed by atoms with Crippen molar-refractivity contribution in [1.29, 1.82) is 0 Å². The number of rotatable bonds is 6. The smallest absolute Gasteiger partial charge is 0.191 e. The Hall–Kier alpha value is -0.630. The molecule has 0 heterocycles. The summed E-state index contributed by atoms with van der Waals surface area (Å²) >= 11 is 0. The van der Waals surface area contributed by atoms with E-state index in [0.29, 0.717) is 11.3 Å². The van der Waals surface area contributed by atoms with Crippen molar-refractivity contribution in [3.8, 4) is 0 Å². The molecule has 1 aromatic carbocycles. The zero-order valence-corrected chi connectivity index (χ0v) is 19.9. The Morgan fingerprint density at radius 1 is 1.30 bits per heavy atom. The molecule has 3 unspecified atom stereocenters. The third-order valence-corrected chi connectivity index (χ3v) is 7.75. The van der Waals surface area contributed by atoms with Crippen molar-refractivity contribution in [1.82, 2.24) is 10.6 Å². The van der Waals surface area contributed by atoms with Gasteiger partial charge in [-0.15, -0.1) is 24.0 Å². The van der Waals surface area contributed by atoms with Crippen LogP contribution in [-0.4, -0.2) is 40.8 Å². The maximum atomic E-state index is 12.2. The van der Waals surface area contributed by atoms with Crippen molar-refractivity contribution in [2.75, 3.05) is 19.3 Å². The van der Waals surface area contributed by atoms with Crippen LogP contribution in [0.2, 0.25) is 0 Å². The highest BCUT2D eigenvalue weighted by Crippen LogP contribution is 2.48. The number of hydrogen-bond acceptors (Lipinski definition) is 2. The summed E-state index contributed by atoms with van der Waals surface area (Å²) in [5, 5.41) is 7.49. The lowest BCUT2D eigenvalue weighted by Crippen LogP contribution is -2.48. The number of nitrogens with one attached hydrogen (secondary N) is 2. The molecule has 1 aromatic rings. The zero-order valence-electron chi connectivity index (χ0n) is 16.8. The molecule has 4 nitrogen and oxygen atoms in total. The highest BCUT2D eigenvalue weighted by atomic mass is 127. The topological polar surface area (TPSA) is 53.5 Å². The van der Waals surface area contributed by atoms with Gasteiger partial charge in [0.15, 0.2) is 5.96 Å². The monoisotopic (exact) mass is 503 g/mol. The second kappa shape index (κ2) is 10.2. The van der Waals surface area contributed by atoms with Crippen LogP contribution in [0.3, 0.4) is 0 Å². The van der Waals surface area contributed by atoms with Crippen LogP contribution in [0, 0.1) is 6.92 Å². The van der Waals surface area contributed by atoms with Crippen LogP contribution in [0.1, 0.15) is 56.6 Å². The molecule has 0 aromatic heterocycles. The van der Waals surface area contributed by atoms with Gasteiger partial charge in [0.25, 0.3) is 0 Å². The number of nitrogens with zero attached hydrogens (tertiary/aromatic N) is 1. The molecule has 0 spiro atoms. The molecule has 3 rings (SSSR count). The van der Waals surface area contributed by atoms with E-state index in [1.807, 2.05) is 14.0 Å². The molecule has 0 bridgehead atoms. The lowest BCUT2D eigenvalue weighted by atomic mass is 9.92. The normalized spacial score (nSPS) is 25.2. The van der Waals surface area contributed by atoms with E-state index in [0.717, 1.165) is 43.9 Å². The van der Waals surface area contributed by atoms with E-state index in [2.05, 4.69) is 46.8 Å². The fraction of sp³-hybridized carbons (Fsp3) is 0.667. The molecule has 152 valence electrons. The highest BCUT2D eigenvalue weighted by molar-refractivity contribution is 14.0. The van der Waals surface area contributed by atoms with E-state index < -0.39 is 10.8 Å². The second-order valence-electron chi connectivity index (χ2n) is 7.82. The van der Waals surface area contributed by atoms with Crippen LogP contribution in [0.5, 0.6) is 0 Å². The molecule has 27 heavy (non-hydrogen) atoms. The van der Waals surface area contributed by atoms with Gasteiger partial charge in [-0.1, -0.05) is 37.6 Å². The van der Waals surface area contributed by atoms with Gasteiger partial charge in [-0.25, -0.2) is 0 Å². The molecule has 2 N–H and O–H groups in total. The lowest BCUT2D eigenvalue weighted by molar-refractivity contribution is 0.413. The fourth-order valence-corrected chi connectivity index (χ4v) is 5.60. The average molecular weight is 503 g/mol. The van der Waals surface area contributed by atoms with Gasteiger partial charge in [-0.05, 0) is 50.2 Å². The van der Waals surface area contributed by atoms with Gasteiger partial charge in [-0.2, -0.15) is 0 Å². The molecule has 0 saturated heterocycles. The SMILES string of the molecule is CCS(=O)C1CCCC(NC(=NC)NCC2(c3ccccc3C)CC2)C1.I. The zero-order chi connectivity index (χ0) is 18.6. The maximum Gasteiger partial charge on any atom is 0.191 e. The van der Waals surface area contributed by atoms with Gasteiger partial charge >= 0.3 is 0 Å². The van der Waals surface area contributed by atoms with E-state index in [9.17, 15) is 4.21 Å². The third kappa shape index (κ3) is 5.68. The molecule has 2 aliphatic carbocycles. The second-order valence-corrected chi connectivity index (χ2v) is 9.83. The molecule has 2 saturated carbocycles. The first-order valence-corrected chi connectivity index (χ1v) is 11.4. The van der Waals surface area contributed by atoms with E-state index in [4.69, 9.17) is 0 Å². The van der Waals surface area contributed by atoms with E-state index in [-0.39, 0.29) is 29.4 Å². The third-order valence-electron chi connectivity index (χ3n) is 6.01. The first-order chi connectivity index (χ1) is 12.6. The van der Waals surface area contributed by atoms with Gasteiger partial charge in [0, 0.05) is 46.9 Å². The summed E-state index contributed by atoms with van der Waals surface area (Å²) in [6.45, 7) is 5.15. The number of aryl methyl sites for hydroxylation is 1. The summed E-state index contributed by atoms with van der Waals surface area (Å²) in [6.07, 6.45) is 6.86. The standard InChI is InChI=1S/C21H33N3OS.HI/c1-4-26(25)18-10-7-9-17(14-18)24-20(22-3)23-15-21(12-13-21)19-11-6-5-8-16(19)2;/h5-6,8,11,17-18H,4,7,9-10,12-15H2,1-3H3,(H2,22,23,24);1H. The number of aliphatic imine (C=N–C) groups is 1. The van der Waals surface area contributed by atoms with Crippen molar-refractivity contribution in [2.24, 2.45) is 4.99 Å². The largest absolute Gasteiger partial charge is 0.356 e. The quantitative estimate of drug-likeness (QED) is 0.352. The minimum Gasteiger partial charge on any atom is -0.356 e. The van der Waals surface area contributed by atoms with Crippen LogP contribution in [0.25, 0.3) is 0 Å². The van der Waals surface area contributed by atoms with Crippen molar-refractivity contribution in [3.63, 3.8) is 0 Å². The summed E-state index contributed by atoms with van der Waals surface area (Å²) in [4.78, 5) is 4.44. The van der Waals surface area contributed by atoms with Crippen molar-refractivity contribution < 1.29 is 4.21 Å². The molecule has 0 amide bonds. The fourth-order valence-electron chi connectivity index (χ4n) is 4.25. The Labute approximate surface area is 183 Å². The molecule has 0 aliphatic heterocycles. The maximum absolute atomic E-state index is 12.2. The number of halogens is 1. The number of benzene rings is 1. The molecule has 6 heteroatoms. The Morgan fingerprint density at radius 2 is 2.04 bits per heavy atom. The Kier molecular flexibility index (Phi) is 8.59. The van der Waals surface area contributed by atoms with Crippen molar-refractivity contribution in [2.45, 2.75) is 69.1 Å². The van der Waals surface area contributed by atoms with Crippen molar-refractivity contribution >= 4 is 40.7 Å². The minimum atomic E-state index is -0.687. The van der Waals surface area contributed by atoms with Gasteiger partial charge < -0.3 is 10.6 Å². The number of hydrogen-bond donors (Lipinski definition) is 2. The summed E-state index contributed by atoms with van der Waals surface area (Å²) in [5.74, 6) is 1.65. The van der Waals surface area contributed by atoms with E-state index in [1.165, 1.54) is 24.0 Å². The summed E-state index contributed by atoms with van der Waals surface area (Å²) in [6, 6.07) is 9.11. The Morgan fingerprint density at radius 3 is 2.67 bits per heavy atom. The minimum absolute atomic E-state index is 0. The molecule has 2 fully saturated rings. The highest BCUT2D eigenvalue weighted by Gasteiger charge is 2.45. The lowest BCUT2D eigenvalue weighted by Gasteiger charge is -2.30. The van der Waals surface area contributed by atoms with Crippen LogP contribution in [0.4, 0.5) is 0 Å². The predicted octanol–water partition coefficient (Wildman–Crippen LogP) is 3.89. The molecule has 2 aliphatic rings. The predicted molar refractivity (Wildman–Crippen MR) is 127 cm³/mol. The van der Waals surface area contributed by atoms with Gasteiger partial charge in [0.2, 0.25) is 0 Å². The van der Waals surface area contributed by atoms with Crippen LogP contribution in [-0.2, 0) is 16.2 Å². The van der Waals surface area contributed by atoms with Gasteiger partial charge in [0.1, 0.15) is 0 Å². The Bertz CT molecular complexity index is 675. The Balaban J connectivity index is 0.00000261. The summed E-state index contributed by atoms with van der Waals surface area (Å²) < 4.78 is 12.2. The first kappa shape index (κ1) is 22.7. The van der Waals surface area contributed by atoms with Crippen LogP contribution in [0.15, 0.2) is 29.3 Å². The summed E-state index contributed by atoms with van der Waals surface area (Å²) in [7, 11) is 1.15. The van der Waals surface area contributed by atoms with Crippen molar-refractivity contribution in [3.05, 3.63) is 35.4 Å². The first-order valence-electron chi connectivity index (χ1n) is 9.98. The van der Waals surface area contributed by atoms with Crippen LogP contribution < -0.4 is 10.6 Å². The van der Waals surface area contributed by atoms with Crippen LogP contribution >= 0.6 is 24.0 Å². The average Bonchev–Trinajstić information content (AvgIpc) is 3.46. The molecule has 3 atom stereocenters. The summed E-state index contributed by atoms with van der Waals surface area (Å²) in [5.41, 5.74) is 3.12. The van der Waals surface area contributed by atoms with Gasteiger partial charge in [0.05, 0.1) is 0 Å². The molecular formula is C21H34IN3OS. The van der Waals surface area contributed by atoms with Gasteiger partial charge in [-0.3, -0.25) is 9.20 Å². The molecular weight excluding hydrogens is 469 g/mol. The number of guanidine groups is 1. The molecule has 0 radical (unpaired) electrons. The van der Waals surface area contributed by atoms with E-state index >= 15 is 0 Å².